The molecule has 1 aromatic heterocycles. The summed E-state index contributed by atoms with van der Waals surface area (Å²) in [6.45, 7) is 0. The summed E-state index contributed by atoms with van der Waals surface area (Å²) in [5, 5.41) is 20.9. The molecule has 8 heteroatoms. The Morgan fingerprint density at radius 1 is 1.43 bits per heavy atom. The number of phenols is 1. The van der Waals surface area contributed by atoms with Crippen LogP contribution < -0.4 is 5.32 Å². The maximum absolute atomic E-state index is 12.9. The highest BCUT2D eigenvalue weighted by atomic mass is 19.1. The fourth-order valence-electron chi connectivity index (χ4n) is 1.75. The second-order valence-electron chi connectivity index (χ2n) is 4.31. The van der Waals surface area contributed by atoms with E-state index >= 15 is 0 Å². The lowest BCUT2D eigenvalue weighted by Crippen LogP contribution is -2.42. The standard InChI is InChI=1S/C13H12FN3O4/c14-7-1-2-9(11(18)3-7)12(19)17-10(13(20)21)4-8-5-15-6-16-8/h1-3,5-6,10,18H,4H2,(H,15,16)(H,17,19)(H,20,21). The number of hydrogen-bond donors (Lipinski definition) is 4. The molecule has 0 fully saturated rings. The van der Waals surface area contributed by atoms with Crippen LogP contribution in [0.25, 0.3) is 0 Å². The Balaban J connectivity index is 2.12. The predicted octanol–water partition coefficient (Wildman–Crippen LogP) is 0.680. The van der Waals surface area contributed by atoms with Crippen molar-refractivity contribution < 1.29 is 24.2 Å². The number of carboxylic acids is 1. The minimum atomic E-state index is -1.24. The number of aromatic amines is 1. The van der Waals surface area contributed by atoms with Crippen molar-refractivity contribution in [1.82, 2.24) is 15.3 Å². The molecule has 2 aromatic rings. The molecule has 1 atom stereocenters. The first kappa shape index (κ1) is 14.5. The highest BCUT2D eigenvalue weighted by Gasteiger charge is 2.23. The number of nitrogens with one attached hydrogen (secondary N) is 2. The van der Waals surface area contributed by atoms with Gasteiger partial charge < -0.3 is 20.5 Å². The Hall–Kier alpha value is -2.90. The van der Waals surface area contributed by atoms with Gasteiger partial charge in [-0.15, -0.1) is 0 Å². The third-order valence-electron chi connectivity index (χ3n) is 2.79. The Labute approximate surface area is 118 Å². The van der Waals surface area contributed by atoms with Crippen LogP contribution in [0.15, 0.2) is 30.7 Å². The van der Waals surface area contributed by atoms with Crippen LogP contribution >= 0.6 is 0 Å². The first-order valence-corrected chi connectivity index (χ1v) is 5.97. The van der Waals surface area contributed by atoms with E-state index in [0.717, 1.165) is 18.2 Å². The van der Waals surface area contributed by atoms with Gasteiger partial charge in [0.05, 0.1) is 11.9 Å². The Morgan fingerprint density at radius 3 is 2.76 bits per heavy atom. The second-order valence-corrected chi connectivity index (χ2v) is 4.31. The molecule has 0 saturated carbocycles. The van der Waals surface area contributed by atoms with E-state index in [1.165, 1.54) is 12.5 Å². The third-order valence-corrected chi connectivity index (χ3v) is 2.79. The highest BCUT2D eigenvalue weighted by Crippen LogP contribution is 2.18. The van der Waals surface area contributed by atoms with Crippen molar-refractivity contribution in [2.24, 2.45) is 0 Å². The van der Waals surface area contributed by atoms with E-state index in [2.05, 4.69) is 15.3 Å². The monoisotopic (exact) mass is 293 g/mol. The fourth-order valence-corrected chi connectivity index (χ4v) is 1.75. The lowest BCUT2D eigenvalue weighted by molar-refractivity contribution is -0.139. The van der Waals surface area contributed by atoms with Crippen LogP contribution in [0.5, 0.6) is 5.75 Å². The highest BCUT2D eigenvalue weighted by molar-refractivity contribution is 5.98. The number of carbonyl (C=O) groups excluding carboxylic acids is 1. The lowest BCUT2D eigenvalue weighted by Gasteiger charge is -2.14. The molecule has 0 radical (unpaired) electrons. The molecular formula is C13H12FN3O4. The zero-order valence-corrected chi connectivity index (χ0v) is 10.7. The van der Waals surface area contributed by atoms with Gasteiger partial charge in [0.25, 0.3) is 5.91 Å². The Morgan fingerprint density at radius 2 is 2.19 bits per heavy atom. The van der Waals surface area contributed by atoms with E-state index < -0.39 is 29.5 Å². The van der Waals surface area contributed by atoms with Gasteiger partial charge in [0.15, 0.2) is 0 Å². The van der Waals surface area contributed by atoms with Crippen molar-refractivity contribution in [3.63, 3.8) is 0 Å². The number of carboxylic acid groups (broad SMARTS) is 1. The van der Waals surface area contributed by atoms with Crippen LogP contribution in [0.3, 0.4) is 0 Å². The molecule has 1 unspecified atom stereocenters. The molecule has 1 heterocycles. The molecule has 0 aliphatic rings. The number of hydrogen-bond acceptors (Lipinski definition) is 4. The van der Waals surface area contributed by atoms with Crippen molar-refractivity contribution in [3.8, 4) is 5.75 Å². The van der Waals surface area contributed by atoms with Gasteiger partial charge in [-0.3, -0.25) is 4.79 Å². The smallest absolute Gasteiger partial charge is 0.326 e. The van der Waals surface area contributed by atoms with Gasteiger partial charge in [-0.1, -0.05) is 0 Å². The third kappa shape index (κ3) is 3.56. The molecule has 0 aliphatic carbocycles. The number of rotatable bonds is 5. The van der Waals surface area contributed by atoms with Crippen LogP contribution in [-0.4, -0.2) is 38.1 Å². The van der Waals surface area contributed by atoms with E-state index in [1.807, 2.05) is 0 Å². The van der Waals surface area contributed by atoms with E-state index in [9.17, 15) is 19.1 Å². The first-order valence-electron chi connectivity index (χ1n) is 5.97. The number of carbonyl (C=O) groups is 2. The van der Waals surface area contributed by atoms with Gasteiger partial charge in [0.1, 0.15) is 17.6 Å². The van der Waals surface area contributed by atoms with Gasteiger partial charge in [-0.25, -0.2) is 14.2 Å². The van der Waals surface area contributed by atoms with Crippen molar-refractivity contribution in [2.45, 2.75) is 12.5 Å². The summed E-state index contributed by atoms with van der Waals surface area (Å²) in [5.74, 6) is -3.30. The molecule has 0 bridgehead atoms. The van der Waals surface area contributed by atoms with E-state index in [1.54, 1.807) is 0 Å². The normalized spacial score (nSPS) is 11.9. The summed E-state index contributed by atoms with van der Waals surface area (Å²) >= 11 is 0. The van der Waals surface area contributed by atoms with Crippen molar-refractivity contribution in [3.05, 3.63) is 47.8 Å². The van der Waals surface area contributed by atoms with Crippen molar-refractivity contribution in [2.75, 3.05) is 0 Å². The number of phenolic OH excluding ortho intramolecular Hbond substituents is 1. The molecule has 21 heavy (non-hydrogen) atoms. The largest absolute Gasteiger partial charge is 0.507 e. The molecule has 0 aliphatic heterocycles. The minimum absolute atomic E-state index is 0.00301. The number of aromatic hydroxyl groups is 1. The van der Waals surface area contributed by atoms with Gasteiger partial charge in [0, 0.05) is 24.4 Å². The summed E-state index contributed by atoms with van der Waals surface area (Å²) in [7, 11) is 0. The summed E-state index contributed by atoms with van der Waals surface area (Å²) in [6, 6.07) is 1.65. The minimum Gasteiger partial charge on any atom is -0.507 e. The van der Waals surface area contributed by atoms with Gasteiger partial charge in [0.2, 0.25) is 0 Å². The lowest BCUT2D eigenvalue weighted by atomic mass is 10.1. The molecular weight excluding hydrogens is 281 g/mol. The average Bonchev–Trinajstić information content (AvgIpc) is 2.90. The number of nitrogens with zero attached hydrogens (tertiary/aromatic N) is 1. The first-order chi connectivity index (χ1) is 9.97. The Bertz CT molecular complexity index is 657. The molecule has 0 spiro atoms. The van der Waals surface area contributed by atoms with Crippen LogP contribution in [0, 0.1) is 5.82 Å². The summed E-state index contributed by atoms with van der Waals surface area (Å²) < 4.78 is 12.9. The number of H-pyrrole nitrogens is 1. The molecule has 110 valence electrons. The number of amides is 1. The van der Waals surface area contributed by atoms with Crippen LogP contribution in [0.2, 0.25) is 0 Å². The summed E-state index contributed by atoms with van der Waals surface area (Å²) in [6.07, 6.45) is 2.84. The topological polar surface area (TPSA) is 115 Å². The van der Waals surface area contributed by atoms with Gasteiger partial charge >= 0.3 is 5.97 Å². The van der Waals surface area contributed by atoms with Crippen LogP contribution in [-0.2, 0) is 11.2 Å². The quantitative estimate of drug-likeness (QED) is 0.647. The molecule has 0 saturated heterocycles. The van der Waals surface area contributed by atoms with E-state index in [-0.39, 0.29) is 12.0 Å². The zero-order valence-electron chi connectivity index (χ0n) is 10.7. The van der Waals surface area contributed by atoms with E-state index in [0.29, 0.717) is 5.69 Å². The number of halogens is 1. The summed E-state index contributed by atoms with van der Waals surface area (Å²) in [4.78, 5) is 29.6. The van der Waals surface area contributed by atoms with Crippen molar-refractivity contribution >= 4 is 11.9 Å². The molecule has 7 nitrogen and oxygen atoms in total. The van der Waals surface area contributed by atoms with Crippen molar-refractivity contribution in [1.29, 1.82) is 0 Å². The number of aliphatic carboxylic acids is 1. The maximum atomic E-state index is 12.9. The van der Waals surface area contributed by atoms with Crippen LogP contribution in [0.1, 0.15) is 16.1 Å². The molecule has 1 aromatic carbocycles. The fraction of sp³-hybridized carbons (Fsp3) is 0.154. The zero-order chi connectivity index (χ0) is 15.4. The number of benzene rings is 1. The second kappa shape index (κ2) is 6.04. The van der Waals surface area contributed by atoms with Gasteiger partial charge in [-0.2, -0.15) is 0 Å². The summed E-state index contributed by atoms with van der Waals surface area (Å²) in [5.41, 5.74) is 0.332. The molecule has 2 rings (SSSR count). The maximum Gasteiger partial charge on any atom is 0.326 e. The average molecular weight is 293 g/mol. The van der Waals surface area contributed by atoms with Gasteiger partial charge in [-0.05, 0) is 12.1 Å². The Kier molecular flexibility index (Phi) is 4.17. The number of aromatic nitrogens is 2. The number of imidazole rings is 1. The van der Waals surface area contributed by atoms with Crippen LogP contribution in [0.4, 0.5) is 4.39 Å². The van der Waals surface area contributed by atoms with E-state index in [4.69, 9.17) is 5.11 Å². The molecule has 4 N–H and O–H groups in total. The molecule has 1 amide bonds. The SMILES string of the molecule is O=C(NC(Cc1cnc[nH]1)C(=O)O)c1ccc(F)cc1O. The predicted molar refractivity (Wildman–Crippen MR) is 69.2 cm³/mol.